The molecule has 2 heterocycles. The van der Waals surface area contributed by atoms with Gasteiger partial charge in [-0.2, -0.15) is 0 Å². The standard InChI is InChI=1S/C24H26FNO4S/c1-16(2)18-5-3-17(4-6-18)13-26(21-9-10-31(28,29)15-21)24(27)11-19-14-30-23-8-7-20(25)12-22(19)23/h3-8,12,14,16,21H,9-11,13,15H2,1-2H3. The highest BCUT2D eigenvalue weighted by Gasteiger charge is 2.35. The van der Waals surface area contributed by atoms with Crippen molar-refractivity contribution in [3.8, 4) is 0 Å². The molecule has 0 spiro atoms. The van der Waals surface area contributed by atoms with E-state index in [1.54, 1.807) is 4.90 Å². The van der Waals surface area contributed by atoms with Crippen LogP contribution in [0.25, 0.3) is 11.0 Å². The quantitative estimate of drug-likeness (QED) is 0.564. The van der Waals surface area contributed by atoms with Crippen molar-refractivity contribution in [2.75, 3.05) is 11.5 Å². The molecule has 3 aromatic rings. The molecule has 1 amide bonds. The summed E-state index contributed by atoms with van der Waals surface area (Å²) < 4.78 is 43.3. The number of hydrogen-bond donors (Lipinski definition) is 0. The molecule has 1 unspecified atom stereocenters. The van der Waals surface area contributed by atoms with Crippen molar-refractivity contribution in [3.63, 3.8) is 0 Å². The lowest BCUT2D eigenvalue weighted by molar-refractivity contribution is -0.133. The molecule has 1 aliphatic heterocycles. The number of benzene rings is 2. The normalized spacial score (nSPS) is 18.0. The molecule has 1 aliphatic rings. The van der Waals surface area contributed by atoms with Gasteiger partial charge in [-0.15, -0.1) is 0 Å². The first kappa shape index (κ1) is 21.6. The first-order chi connectivity index (χ1) is 14.7. The number of carbonyl (C=O) groups is 1. The molecule has 1 atom stereocenters. The molecule has 1 aromatic heterocycles. The molecule has 0 aliphatic carbocycles. The van der Waals surface area contributed by atoms with Crippen molar-refractivity contribution >= 4 is 26.7 Å². The van der Waals surface area contributed by atoms with Gasteiger partial charge < -0.3 is 9.32 Å². The van der Waals surface area contributed by atoms with Crippen LogP contribution in [0.4, 0.5) is 4.39 Å². The molecule has 7 heteroatoms. The average Bonchev–Trinajstić information content (AvgIpc) is 3.28. The van der Waals surface area contributed by atoms with E-state index in [4.69, 9.17) is 4.42 Å². The van der Waals surface area contributed by atoms with Gasteiger partial charge in [0.25, 0.3) is 0 Å². The highest BCUT2D eigenvalue weighted by molar-refractivity contribution is 7.91. The Bertz CT molecular complexity index is 1200. The molecular formula is C24H26FNO4S. The topological polar surface area (TPSA) is 67.6 Å². The number of amides is 1. The second-order valence-corrected chi connectivity index (χ2v) is 10.8. The SMILES string of the molecule is CC(C)c1ccc(CN(C(=O)Cc2coc3ccc(F)cc23)C2CCS(=O)(=O)C2)cc1. The van der Waals surface area contributed by atoms with Crippen LogP contribution in [0.3, 0.4) is 0 Å². The molecule has 0 bridgehead atoms. The molecule has 5 nitrogen and oxygen atoms in total. The number of nitrogens with zero attached hydrogens (tertiary/aromatic N) is 1. The second kappa shape index (κ2) is 8.46. The maximum atomic E-state index is 13.7. The molecule has 4 rings (SSSR count). The number of fused-ring (bicyclic) bond motifs is 1. The van der Waals surface area contributed by atoms with Gasteiger partial charge in [0.15, 0.2) is 9.84 Å². The fraction of sp³-hybridized carbons (Fsp3) is 0.375. The van der Waals surface area contributed by atoms with Gasteiger partial charge in [0, 0.05) is 23.5 Å². The molecule has 31 heavy (non-hydrogen) atoms. The minimum atomic E-state index is -3.15. The van der Waals surface area contributed by atoms with Gasteiger partial charge >= 0.3 is 0 Å². The Morgan fingerprint density at radius 2 is 1.94 bits per heavy atom. The van der Waals surface area contributed by atoms with Crippen LogP contribution in [-0.4, -0.2) is 36.8 Å². The third-order valence-corrected chi connectivity index (χ3v) is 7.68. The highest BCUT2D eigenvalue weighted by atomic mass is 32.2. The predicted octanol–water partition coefficient (Wildman–Crippen LogP) is 4.45. The van der Waals surface area contributed by atoms with Crippen molar-refractivity contribution < 1.29 is 22.0 Å². The summed E-state index contributed by atoms with van der Waals surface area (Å²) >= 11 is 0. The van der Waals surface area contributed by atoms with Crippen molar-refractivity contribution in [1.82, 2.24) is 4.90 Å². The minimum absolute atomic E-state index is 0.0242. The third-order valence-electron chi connectivity index (χ3n) is 5.93. The van der Waals surface area contributed by atoms with Crippen LogP contribution in [0.5, 0.6) is 0 Å². The Balaban J connectivity index is 1.60. The number of carbonyl (C=O) groups excluding carboxylic acids is 1. The van der Waals surface area contributed by atoms with Gasteiger partial charge in [-0.25, -0.2) is 12.8 Å². The van der Waals surface area contributed by atoms with Crippen LogP contribution < -0.4 is 0 Å². The van der Waals surface area contributed by atoms with Gasteiger partial charge in [0.1, 0.15) is 11.4 Å². The van der Waals surface area contributed by atoms with E-state index in [9.17, 15) is 17.6 Å². The molecule has 0 saturated carbocycles. The monoisotopic (exact) mass is 443 g/mol. The van der Waals surface area contributed by atoms with E-state index in [1.807, 2.05) is 24.3 Å². The minimum Gasteiger partial charge on any atom is -0.464 e. The first-order valence-corrected chi connectivity index (χ1v) is 12.3. The van der Waals surface area contributed by atoms with Gasteiger partial charge in [-0.1, -0.05) is 38.1 Å². The first-order valence-electron chi connectivity index (χ1n) is 10.5. The fourth-order valence-corrected chi connectivity index (χ4v) is 5.83. The van der Waals surface area contributed by atoms with Gasteiger partial charge in [0.2, 0.25) is 5.91 Å². The van der Waals surface area contributed by atoms with Gasteiger partial charge in [-0.05, 0) is 41.7 Å². The lowest BCUT2D eigenvalue weighted by atomic mass is 10.0. The van der Waals surface area contributed by atoms with Crippen LogP contribution >= 0.6 is 0 Å². The number of halogens is 1. The molecule has 0 N–H and O–H groups in total. The highest BCUT2D eigenvalue weighted by Crippen LogP contribution is 2.26. The average molecular weight is 444 g/mol. The number of sulfone groups is 1. The van der Waals surface area contributed by atoms with E-state index >= 15 is 0 Å². The smallest absolute Gasteiger partial charge is 0.227 e. The van der Waals surface area contributed by atoms with Crippen molar-refractivity contribution in [2.24, 2.45) is 0 Å². The zero-order valence-corrected chi connectivity index (χ0v) is 18.5. The van der Waals surface area contributed by atoms with Crippen molar-refractivity contribution in [3.05, 3.63) is 71.2 Å². The molecular weight excluding hydrogens is 417 g/mol. The maximum Gasteiger partial charge on any atom is 0.227 e. The zero-order chi connectivity index (χ0) is 22.2. The molecule has 164 valence electrons. The Hall–Kier alpha value is -2.67. The van der Waals surface area contributed by atoms with E-state index in [0.717, 1.165) is 5.56 Å². The Labute approximate surface area is 181 Å². The summed E-state index contributed by atoms with van der Waals surface area (Å²) in [6.07, 6.45) is 1.93. The second-order valence-electron chi connectivity index (χ2n) is 8.55. The summed E-state index contributed by atoms with van der Waals surface area (Å²) in [7, 11) is -3.15. The van der Waals surface area contributed by atoms with Crippen molar-refractivity contribution in [1.29, 1.82) is 0 Å². The van der Waals surface area contributed by atoms with Crippen LogP contribution in [-0.2, 0) is 27.6 Å². The summed E-state index contributed by atoms with van der Waals surface area (Å²) in [5.74, 6) is -0.118. The lowest BCUT2D eigenvalue weighted by Crippen LogP contribution is -2.41. The van der Waals surface area contributed by atoms with E-state index in [1.165, 1.54) is 30.0 Å². The van der Waals surface area contributed by atoms with E-state index in [2.05, 4.69) is 13.8 Å². The largest absolute Gasteiger partial charge is 0.464 e. The summed E-state index contributed by atoms with van der Waals surface area (Å²) in [4.78, 5) is 15.0. The fourth-order valence-electron chi connectivity index (χ4n) is 4.10. The molecule has 2 aromatic carbocycles. The summed E-state index contributed by atoms with van der Waals surface area (Å²) in [5.41, 5.74) is 3.27. The van der Waals surface area contributed by atoms with E-state index < -0.39 is 15.7 Å². The van der Waals surface area contributed by atoms with Gasteiger partial charge in [0.05, 0.1) is 24.2 Å². The maximum absolute atomic E-state index is 13.7. The molecule has 1 saturated heterocycles. The van der Waals surface area contributed by atoms with E-state index in [0.29, 0.717) is 35.4 Å². The molecule has 1 fully saturated rings. The molecule has 0 radical (unpaired) electrons. The summed E-state index contributed by atoms with van der Waals surface area (Å²) in [6.45, 7) is 4.57. The van der Waals surface area contributed by atoms with Crippen LogP contribution in [0.2, 0.25) is 0 Å². The Morgan fingerprint density at radius 1 is 1.19 bits per heavy atom. The Morgan fingerprint density at radius 3 is 2.58 bits per heavy atom. The van der Waals surface area contributed by atoms with Crippen LogP contribution in [0.1, 0.15) is 42.9 Å². The number of hydrogen-bond acceptors (Lipinski definition) is 4. The number of rotatable bonds is 6. The summed E-state index contributed by atoms with van der Waals surface area (Å²) in [6, 6.07) is 11.9. The van der Waals surface area contributed by atoms with Crippen LogP contribution in [0, 0.1) is 5.82 Å². The van der Waals surface area contributed by atoms with Crippen molar-refractivity contribution in [2.45, 2.75) is 45.2 Å². The lowest BCUT2D eigenvalue weighted by Gasteiger charge is -2.28. The number of furan rings is 1. The Kier molecular flexibility index (Phi) is 5.88. The third kappa shape index (κ3) is 4.82. The predicted molar refractivity (Wildman–Crippen MR) is 118 cm³/mol. The van der Waals surface area contributed by atoms with Crippen LogP contribution in [0.15, 0.2) is 53.1 Å². The van der Waals surface area contributed by atoms with Gasteiger partial charge in [-0.3, -0.25) is 4.79 Å². The summed E-state index contributed by atoms with van der Waals surface area (Å²) in [5, 5.41) is 0.564. The zero-order valence-electron chi connectivity index (χ0n) is 17.7. The van der Waals surface area contributed by atoms with E-state index in [-0.39, 0.29) is 29.9 Å².